The summed E-state index contributed by atoms with van der Waals surface area (Å²) in [5.74, 6) is -3.18. The summed E-state index contributed by atoms with van der Waals surface area (Å²) < 4.78 is 10.4. The van der Waals surface area contributed by atoms with Crippen LogP contribution in [0.15, 0.2) is 30.3 Å². The van der Waals surface area contributed by atoms with E-state index in [4.69, 9.17) is 32.1 Å². The van der Waals surface area contributed by atoms with Crippen LogP contribution in [0.2, 0.25) is 0 Å². The molecule has 1 N–H and O–H groups in total. The van der Waals surface area contributed by atoms with Crippen LogP contribution in [0.1, 0.15) is 20.8 Å². The Bertz CT molecular complexity index is 469. The van der Waals surface area contributed by atoms with Crippen molar-refractivity contribution < 1.29 is 13.8 Å². The molecule has 0 spiro atoms. The van der Waals surface area contributed by atoms with Gasteiger partial charge < -0.3 is 14.4 Å². The molecule has 0 saturated heterocycles. The summed E-state index contributed by atoms with van der Waals surface area (Å²) >= 11 is 11.0. The second-order valence-corrected chi connectivity index (χ2v) is 8.89. The van der Waals surface area contributed by atoms with Gasteiger partial charge in [0.05, 0.1) is 0 Å². The Kier molecular flexibility index (Phi) is 6.27. The minimum atomic E-state index is -3.15. The first-order valence-electron chi connectivity index (χ1n) is 5.84. The zero-order valence-corrected chi connectivity index (χ0v) is 13.5. The highest BCUT2D eigenvalue weighted by Crippen LogP contribution is 2.53. The molecule has 1 aromatic rings. The van der Waals surface area contributed by atoms with E-state index >= 15 is 0 Å². The number of hydrogen-bond acceptors (Lipinski definition) is 5. The molecule has 7 heteroatoms. The van der Waals surface area contributed by atoms with E-state index in [-0.39, 0.29) is 6.04 Å². The topological polar surface area (TPSA) is 47.6 Å². The number of nitrogens with one attached hydrogen (secondary N) is 1. The van der Waals surface area contributed by atoms with Crippen LogP contribution in [0.5, 0.6) is 5.75 Å². The van der Waals surface area contributed by atoms with E-state index in [2.05, 4.69) is 5.32 Å². The average Bonchev–Trinajstić information content (AvgIpc) is 2.27. The maximum absolute atomic E-state index is 11.8. The van der Waals surface area contributed by atoms with Gasteiger partial charge in [0.15, 0.2) is 0 Å². The first-order valence-corrected chi connectivity index (χ1v) is 9.38. The van der Waals surface area contributed by atoms with Gasteiger partial charge in [0.1, 0.15) is 11.8 Å². The number of halogens is 1. The van der Waals surface area contributed by atoms with Gasteiger partial charge in [0, 0.05) is 17.8 Å². The van der Waals surface area contributed by atoms with Crippen LogP contribution in [-0.4, -0.2) is 18.1 Å². The van der Waals surface area contributed by atoms with Crippen molar-refractivity contribution in [2.45, 2.75) is 32.9 Å². The minimum Gasteiger partial charge on any atom is -0.425 e. The van der Waals surface area contributed by atoms with Crippen molar-refractivity contribution in [1.82, 2.24) is 5.32 Å². The summed E-state index contributed by atoms with van der Waals surface area (Å²) in [4.78, 5) is 11.8. The van der Waals surface area contributed by atoms with Crippen molar-refractivity contribution in [3.63, 3.8) is 0 Å². The lowest BCUT2D eigenvalue weighted by Gasteiger charge is -2.20. The van der Waals surface area contributed by atoms with Gasteiger partial charge in [0.25, 0.3) is 0 Å². The quantitative estimate of drug-likeness (QED) is 0.813. The van der Waals surface area contributed by atoms with Crippen molar-refractivity contribution in [2.24, 2.45) is 0 Å². The Morgan fingerprint density at radius 2 is 1.89 bits per heavy atom. The molecule has 19 heavy (non-hydrogen) atoms. The Morgan fingerprint density at radius 1 is 1.32 bits per heavy atom. The van der Waals surface area contributed by atoms with E-state index in [0.717, 1.165) is 0 Å². The number of hydrogen-bond donors (Lipinski definition) is 1. The maximum atomic E-state index is 11.8. The van der Waals surface area contributed by atoms with Gasteiger partial charge in [-0.05, 0) is 30.3 Å². The monoisotopic (exact) mass is 321 g/mol. The number of rotatable bonds is 6. The Hall–Kier alpha value is -0.610. The van der Waals surface area contributed by atoms with E-state index < -0.39 is 17.9 Å². The van der Waals surface area contributed by atoms with Gasteiger partial charge in [-0.25, -0.2) is 0 Å². The van der Waals surface area contributed by atoms with Crippen LogP contribution in [0.25, 0.3) is 0 Å². The first kappa shape index (κ1) is 16.4. The SMILES string of the molecule is CC(C)N[C@@H](C)C(=O)OP(=S)(Cl)Oc1ccccc1. The lowest BCUT2D eigenvalue weighted by atomic mass is 10.3. The zero-order chi connectivity index (χ0) is 14.5. The van der Waals surface area contributed by atoms with Crippen molar-refractivity contribution in [1.29, 1.82) is 0 Å². The number of benzene rings is 1. The molecule has 1 unspecified atom stereocenters. The van der Waals surface area contributed by atoms with E-state index in [0.29, 0.717) is 5.75 Å². The smallest absolute Gasteiger partial charge is 0.386 e. The molecule has 0 radical (unpaired) electrons. The third kappa shape index (κ3) is 6.39. The van der Waals surface area contributed by atoms with Gasteiger partial charge in [-0.2, -0.15) is 0 Å². The molecular weight excluding hydrogens is 305 g/mol. The molecule has 0 aliphatic heterocycles. The Morgan fingerprint density at radius 3 is 2.42 bits per heavy atom. The van der Waals surface area contributed by atoms with Crippen LogP contribution >= 0.6 is 17.1 Å². The molecule has 0 bridgehead atoms. The third-order valence-electron chi connectivity index (χ3n) is 2.09. The minimum absolute atomic E-state index is 0.158. The van der Waals surface area contributed by atoms with Crippen molar-refractivity contribution in [3.05, 3.63) is 30.3 Å². The Balaban J connectivity index is 2.59. The highest BCUT2D eigenvalue weighted by atomic mass is 35.7. The molecule has 0 heterocycles. The zero-order valence-electron chi connectivity index (χ0n) is 11.0. The molecule has 0 aromatic heterocycles. The lowest BCUT2D eigenvalue weighted by molar-refractivity contribution is -0.136. The molecule has 0 aliphatic carbocycles. The molecule has 106 valence electrons. The fraction of sp³-hybridized carbons (Fsp3) is 0.417. The summed E-state index contributed by atoms with van der Waals surface area (Å²) in [5.41, 5.74) is 0. The van der Waals surface area contributed by atoms with Crippen LogP contribution in [0.4, 0.5) is 0 Å². The van der Waals surface area contributed by atoms with Crippen molar-refractivity contribution >= 4 is 34.9 Å². The maximum Gasteiger partial charge on any atom is 0.386 e. The molecule has 0 saturated carbocycles. The molecule has 0 fully saturated rings. The van der Waals surface area contributed by atoms with E-state index in [9.17, 15) is 4.79 Å². The number of para-hydroxylation sites is 1. The summed E-state index contributed by atoms with van der Waals surface area (Å²) in [5, 5.41) is 3.01. The molecule has 1 rings (SSSR count). The van der Waals surface area contributed by atoms with Crippen molar-refractivity contribution in [2.75, 3.05) is 0 Å². The molecule has 4 nitrogen and oxygen atoms in total. The first-order chi connectivity index (χ1) is 8.80. The fourth-order valence-electron chi connectivity index (χ4n) is 1.38. The highest BCUT2D eigenvalue weighted by molar-refractivity contribution is 8.22. The predicted octanol–water partition coefficient (Wildman–Crippen LogP) is 3.46. The van der Waals surface area contributed by atoms with Gasteiger partial charge in [-0.3, -0.25) is 4.79 Å². The molecular formula is C12H17ClNO3PS. The van der Waals surface area contributed by atoms with Crippen LogP contribution in [0, 0.1) is 0 Å². The second-order valence-electron chi connectivity index (χ2n) is 4.29. The summed E-state index contributed by atoms with van der Waals surface area (Å²) in [6.07, 6.45) is 0. The van der Waals surface area contributed by atoms with Gasteiger partial charge in [0.2, 0.25) is 0 Å². The summed E-state index contributed by atoms with van der Waals surface area (Å²) in [6, 6.07) is 8.48. The largest absolute Gasteiger partial charge is 0.425 e. The van der Waals surface area contributed by atoms with Gasteiger partial charge in [-0.1, -0.05) is 32.0 Å². The summed E-state index contributed by atoms with van der Waals surface area (Å²) in [7, 11) is 0. The fourth-order valence-corrected chi connectivity index (χ4v) is 3.09. The van der Waals surface area contributed by atoms with E-state index in [1.807, 2.05) is 19.9 Å². The van der Waals surface area contributed by atoms with Gasteiger partial charge in [-0.15, -0.1) is 0 Å². The Labute approximate surface area is 123 Å². The molecule has 2 atom stereocenters. The average molecular weight is 322 g/mol. The van der Waals surface area contributed by atoms with E-state index in [1.54, 1.807) is 31.2 Å². The summed E-state index contributed by atoms with van der Waals surface area (Å²) in [6.45, 7) is 5.55. The lowest BCUT2D eigenvalue weighted by Crippen LogP contribution is -2.39. The van der Waals surface area contributed by atoms with Crippen molar-refractivity contribution in [3.8, 4) is 5.75 Å². The number of carbonyl (C=O) groups is 1. The molecule has 0 aliphatic rings. The molecule has 0 amide bonds. The van der Waals surface area contributed by atoms with Crippen LogP contribution < -0.4 is 9.84 Å². The third-order valence-corrected chi connectivity index (χ3v) is 3.78. The van der Waals surface area contributed by atoms with Crippen LogP contribution in [-0.2, 0) is 21.1 Å². The van der Waals surface area contributed by atoms with Crippen LogP contribution in [0.3, 0.4) is 0 Å². The predicted molar refractivity (Wildman–Crippen MR) is 81.0 cm³/mol. The highest BCUT2D eigenvalue weighted by Gasteiger charge is 2.26. The standard InChI is InChI=1S/C12H17ClNO3PS/c1-9(2)14-10(3)12(15)17-18(13,19)16-11-7-5-4-6-8-11/h4-10,14H,1-3H3/t10-,18?/m0/s1. The second kappa shape index (κ2) is 7.25. The van der Waals surface area contributed by atoms with E-state index in [1.165, 1.54) is 0 Å². The number of carbonyl (C=O) groups excluding carboxylic acids is 1. The van der Waals surface area contributed by atoms with Gasteiger partial charge >= 0.3 is 11.8 Å². The molecule has 1 aromatic carbocycles. The normalized spacial score (nSPS) is 15.6.